The summed E-state index contributed by atoms with van der Waals surface area (Å²) in [5.74, 6) is -0.150. The second-order valence-corrected chi connectivity index (χ2v) is 6.14. The second-order valence-electron chi connectivity index (χ2n) is 6.14. The SMILES string of the molecule is CC(C)n1c(CN2CCCCC2)cc2cc(F)ccc21. The minimum atomic E-state index is -0.150. The summed E-state index contributed by atoms with van der Waals surface area (Å²) < 4.78 is 15.8. The van der Waals surface area contributed by atoms with Gasteiger partial charge in [-0.3, -0.25) is 4.90 Å². The van der Waals surface area contributed by atoms with Crippen LogP contribution in [0.3, 0.4) is 0 Å². The van der Waals surface area contributed by atoms with Crippen molar-refractivity contribution in [2.75, 3.05) is 13.1 Å². The number of piperidine rings is 1. The lowest BCUT2D eigenvalue weighted by atomic mass is 10.1. The Hall–Kier alpha value is -1.35. The summed E-state index contributed by atoms with van der Waals surface area (Å²) in [6, 6.07) is 7.68. The van der Waals surface area contributed by atoms with Gasteiger partial charge in [-0.05, 0) is 64.0 Å². The number of likely N-dealkylation sites (tertiary alicyclic amines) is 1. The van der Waals surface area contributed by atoms with Gasteiger partial charge in [-0.15, -0.1) is 0 Å². The molecular weight excluding hydrogens is 251 g/mol. The topological polar surface area (TPSA) is 8.17 Å². The van der Waals surface area contributed by atoms with E-state index in [1.807, 2.05) is 6.07 Å². The molecule has 1 saturated heterocycles. The van der Waals surface area contributed by atoms with Crippen molar-refractivity contribution >= 4 is 10.9 Å². The molecule has 1 aliphatic rings. The molecule has 1 aromatic carbocycles. The van der Waals surface area contributed by atoms with Crippen LogP contribution in [0.2, 0.25) is 0 Å². The number of benzene rings is 1. The van der Waals surface area contributed by atoms with E-state index in [-0.39, 0.29) is 5.82 Å². The first-order chi connectivity index (χ1) is 9.65. The highest BCUT2D eigenvalue weighted by Crippen LogP contribution is 2.26. The molecule has 0 saturated carbocycles. The molecule has 0 aliphatic carbocycles. The smallest absolute Gasteiger partial charge is 0.123 e. The molecule has 0 spiro atoms. The van der Waals surface area contributed by atoms with Gasteiger partial charge in [-0.2, -0.15) is 0 Å². The Balaban J connectivity index is 1.97. The van der Waals surface area contributed by atoms with Crippen LogP contribution in [-0.4, -0.2) is 22.6 Å². The van der Waals surface area contributed by atoms with Gasteiger partial charge in [0.2, 0.25) is 0 Å². The van der Waals surface area contributed by atoms with Crippen LogP contribution < -0.4 is 0 Å². The van der Waals surface area contributed by atoms with E-state index in [1.165, 1.54) is 38.0 Å². The Morgan fingerprint density at radius 1 is 1.10 bits per heavy atom. The van der Waals surface area contributed by atoms with Crippen molar-refractivity contribution in [2.24, 2.45) is 0 Å². The highest BCUT2D eigenvalue weighted by Gasteiger charge is 2.16. The van der Waals surface area contributed by atoms with Crippen molar-refractivity contribution in [3.05, 3.63) is 35.8 Å². The Morgan fingerprint density at radius 3 is 2.55 bits per heavy atom. The number of fused-ring (bicyclic) bond motifs is 1. The van der Waals surface area contributed by atoms with E-state index in [4.69, 9.17) is 0 Å². The molecule has 20 heavy (non-hydrogen) atoms. The van der Waals surface area contributed by atoms with Crippen LogP contribution in [0, 0.1) is 5.82 Å². The van der Waals surface area contributed by atoms with Crippen LogP contribution in [-0.2, 0) is 6.54 Å². The van der Waals surface area contributed by atoms with Gasteiger partial charge in [0, 0.05) is 29.2 Å². The van der Waals surface area contributed by atoms with Crippen LogP contribution in [0.25, 0.3) is 10.9 Å². The summed E-state index contributed by atoms with van der Waals surface area (Å²) in [5.41, 5.74) is 2.45. The van der Waals surface area contributed by atoms with Crippen molar-refractivity contribution in [3.8, 4) is 0 Å². The van der Waals surface area contributed by atoms with E-state index in [9.17, 15) is 4.39 Å². The van der Waals surface area contributed by atoms with Crippen LogP contribution >= 0.6 is 0 Å². The van der Waals surface area contributed by atoms with Crippen molar-refractivity contribution in [3.63, 3.8) is 0 Å². The first-order valence-electron chi connectivity index (χ1n) is 7.67. The molecule has 2 heterocycles. The molecule has 0 N–H and O–H groups in total. The fraction of sp³-hybridized carbons (Fsp3) is 0.529. The van der Waals surface area contributed by atoms with Crippen LogP contribution in [0.4, 0.5) is 4.39 Å². The third-order valence-corrected chi connectivity index (χ3v) is 4.23. The minimum absolute atomic E-state index is 0.150. The average Bonchev–Trinajstić information content (AvgIpc) is 2.76. The summed E-state index contributed by atoms with van der Waals surface area (Å²) in [6.45, 7) is 7.75. The fourth-order valence-corrected chi connectivity index (χ4v) is 3.34. The predicted octanol–water partition coefficient (Wildman–Crippen LogP) is 4.35. The third kappa shape index (κ3) is 2.59. The molecule has 3 rings (SSSR count). The van der Waals surface area contributed by atoms with Gasteiger partial charge in [0.05, 0.1) is 0 Å². The van der Waals surface area contributed by atoms with Gasteiger partial charge in [-0.25, -0.2) is 4.39 Å². The van der Waals surface area contributed by atoms with Gasteiger partial charge >= 0.3 is 0 Å². The van der Waals surface area contributed by atoms with Crippen molar-refractivity contribution in [1.29, 1.82) is 0 Å². The Morgan fingerprint density at radius 2 is 1.85 bits per heavy atom. The maximum Gasteiger partial charge on any atom is 0.123 e. The lowest BCUT2D eigenvalue weighted by molar-refractivity contribution is 0.215. The highest BCUT2D eigenvalue weighted by atomic mass is 19.1. The van der Waals surface area contributed by atoms with Gasteiger partial charge in [0.15, 0.2) is 0 Å². The molecule has 0 unspecified atom stereocenters. The summed E-state index contributed by atoms with van der Waals surface area (Å²) in [7, 11) is 0. The van der Waals surface area contributed by atoms with Crippen molar-refractivity contribution < 1.29 is 4.39 Å². The largest absolute Gasteiger partial charge is 0.341 e. The maximum atomic E-state index is 13.4. The van der Waals surface area contributed by atoms with Gasteiger partial charge < -0.3 is 4.57 Å². The van der Waals surface area contributed by atoms with Gasteiger partial charge in [0.1, 0.15) is 5.82 Å². The number of hydrogen-bond donors (Lipinski definition) is 0. The zero-order chi connectivity index (χ0) is 14.1. The van der Waals surface area contributed by atoms with E-state index in [0.29, 0.717) is 6.04 Å². The molecule has 2 nitrogen and oxygen atoms in total. The zero-order valence-corrected chi connectivity index (χ0v) is 12.4. The van der Waals surface area contributed by atoms with Gasteiger partial charge in [0.25, 0.3) is 0 Å². The monoisotopic (exact) mass is 274 g/mol. The highest BCUT2D eigenvalue weighted by molar-refractivity contribution is 5.81. The average molecular weight is 274 g/mol. The molecule has 108 valence electrons. The van der Waals surface area contributed by atoms with Crippen molar-refractivity contribution in [1.82, 2.24) is 9.47 Å². The predicted molar refractivity (Wildman–Crippen MR) is 81.4 cm³/mol. The lowest BCUT2D eigenvalue weighted by Gasteiger charge is -2.27. The molecule has 0 atom stereocenters. The normalized spacial score (nSPS) is 17.2. The van der Waals surface area contributed by atoms with Crippen LogP contribution in [0.1, 0.15) is 44.8 Å². The number of halogens is 1. The lowest BCUT2D eigenvalue weighted by Crippen LogP contribution is -2.30. The van der Waals surface area contributed by atoms with E-state index >= 15 is 0 Å². The molecule has 0 bridgehead atoms. The second kappa shape index (κ2) is 5.57. The van der Waals surface area contributed by atoms with Crippen LogP contribution in [0.15, 0.2) is 24.3 Å². The summed E-state index contributed by atoms with van der Waals surface area (Å²) in [5, 5.41) is 1.02. The molecule has 2 aromatic rings. The van der Waals surface area contributed by atoms with Crippen molar-refractivity contribution in [2.45, 2.75) is 45.7 Å². The number of aromatic nitrogens is 1. The van der Waals surface area contributed by atoms with E-state index in [1.54, 1.807) is 12.1 Å². The van der Waals surface area contributed by atoms with E-state index < -0.39 is 0 Å². The van der Waals surface area contributed by atoms with Gasteiger partial charge in [-0.1, -0.05) is 6.42 Å². The summed E-state index contributed by atoms with van der Waals surface area (Å²) in [6.07, 6.45) is 3.96. The molecule has 1 aliphatic heterocycles. The van der Waals surface area contributed by atoms with Crippen LogP contribution in [0.5, 0.6) is 0 Å². The maximum absolute atomic E-state index is 13.4. The minimum Gasteiger partial charge on any atom is -0.341 e. The number of nitrogens with zero attached hydrogens (tertiary/aromatic N) is 2. The Kier molecular flexibility index (Phi) is 3.79. The Labute approximate surface area is 120 Å². The molecule has 1 fully saturated rings. The van der Waals surface area contributed by atoms with E-state index in [2.05, 4.69) is 29.4 Å². The zero-order valence-electron chi connectivity index (χ0n) is 12.4. The first-order valence-corrected chi connectivity index (χ1v) is 7.67. The third-order valence-electron chi connectivity index (χ3n) is 4.23. The summed E-state index contributed by atoms with van der Waals surface area (Å²) in [4.78, 5) is 2.52. The molecule has 3 heteroatoms. The summed E-state index contributed by atoms with van der Waals surface area (Å²) >= 11 is 0. The molecular formula is C17H23FN2. The molecule has 1 aromatic heterocycles. The number of hydrogen-bond acceptors (Lipinski definition) is 1. The first kappa shape index (κ1) is 13.6. The number of rotatable bonds is 3. The standard InChI is InChI=1S/C17H23FN2/c1-13(2)20-16(12-19-8-4-3-5-9-19)11-14-10-15(18)6-7-17(14)20/h6-7,10-11,13H,3-5,8-9,12H2,1-2H3. The molecule has 0 amide bonds. The van der Waals surface area contributed by atoms with E-state index in [0.717, 1.165) is 17.4 Å². The fourth-order valence-electron chi connectivity index (χ4n) is 3.34. The Bertz CT molecular complexity index is 594. The molecule has 0 radical (unpaired) electrons. The quantitative estimate of drug-likeness (QED) is 0.808.